The lowest BCUT2D eigenvalue weighted by molar-refractivity contribution is -0.139. The monoisotopic (exact) mass is 475 g/mol. The molecule has 0 saturated carbocycles. The molecule has 1 aromatic heterocycles. The van der Waals surface area contributed by atoms with Crippen LogP contribution < -0.4 is 4.74 Å². The largest absolute Gasteiger partial charge is 0.493 e. The smallest absolute Gasteiger partial charge is 0.223 e. The van der Waals surface area contributed by atoms with E-state index in [1.54, 1.807) is 6.07 Å². The first-order chi connectivity index (χ1) is 15.9. The number of rotatable bonds is 7. The molecule has 8 heteroatoms. The Kier molecular flexibility index (Phi) is 7.83. The third kappa shape index (κ3) is 6.43. The second-order valence-corrected chi connectivity index (χ2v) is 9.56. The van der Waals surface area contributed by atoms with Gasteiger partial charge in [0.25, 0.3) is 0 Å². The zero-order chi connectivity index (χ0) is 23.3. The summed E-state index contributed by atoms with van der Waals surface area (Å²) in [5.41, 5.74) is 1.46. The summed E-state index contributed by atoms with van der Waals surface area (Å²) in [4.78, 5) is 21.6. The molecule has 2 aromatic rings. The van der Waals surface area contributed by atoms with Crippen LogP contribution >= 0.6 is 11.6 Å². The van der Waals surface area contributed by atoms with Crippen molar-refractivity contribution in [3.8, 4) is 5.75 Å². The summed E-state index contributed by atoms with van der Waals surface area (Å²) in [5, 5.41) is 0.704. The number of ether oxygens (including phenoxy) is 2. The van der Waals surface area contributed by atoms with Gasteiger partial charge in [-0.05, 0) is 62.2 Å². The highest BCUT2D eigenvalue weighted by atomic mass is 35.5. The van der Waals surface area contributed by atoms with Crippen LogP contribution in [0.15, 0.2) is 36.5 Å². The van der Waals surface area contributed by atoms with Crippen LogP contribution in [0.2, 0.25) is 5.02 Å². The maximum Gasteiger partial charge on any atom is 0.223 e. The fourth-order valence-electron chi connectivity index (χ4n) is 4.68. The fourth-order valence-corrected chi connectivity index (χ4v) is 4.79. The first-order valence-electron chi connectivity index (χ1n) is 11.5. The van der Waals surface area contributed by atoms with E-state index in [-0.39, 0.29) is 17.1 Å². The molecule has 2 aliphatic rings. The van der Waals surface area contributed by atoms with Crippen molar-refractivity contribution in [1.29, 1.82) is 0 Å². The van der Waals surface area contributed by atoms with Crippen LogP contribution in [0.3, 0.4) is 0 Å². The normalized spacial score (nSPS) is 21.7. The summed E-state index contributed by atoms with van der Waals surface area (Å²) in [6, 6.07) is 8.80. The van der Waals surface area contributed by atoms with Gasteiger partial charge < -0.3 is 14.4 Å². The Morgan fingerprint density at radius 2 is 2.06 bits per heavy atom. The number of aromatic nitrogens is 1. The van der Waals surface area contributed by atoms with Gasteiger partial charge in [0.15, 0.2) is 0 Å². The highest BCUT2D eigenvalue weighted by molar-refractivity contribution is 6.31. The Labute approximate surface area is 199 Å². The number of amides is 1. The topological polar surface area (TPSA) is 54.9 Å². The Hall–Kier alpha value is -2.22. The first kappa shape index (κ1) is 23.9. The molecule has 6 nitrogen and oxygen atoms in total. The Morgan fingerprint density at radius 3 is 2.79 bits per heavy atom. The molecular formula is C25H31ClFN3O3. The molecule has 3 heterocycles. The quantitative estimate of drug-likeness (QED) is 0.603. The molecule has 0 aliphatic carbocycles. The number of piperidine rings is 1. The molecule has 1 aromatic carbocycles. The van der Waals surface area contributed by atoms with Gasteiger partial charge in [-0.2, -0.15) is 0 Å². The molecule has 0 radical (unpaired) electrons. The molecule has 2 saturated heterocycles. The number of benzene rings is 1. The summed E-state index contributed by atoms with van der Waals surface area (Å²) in [6.07, 6.45) is 3.54. The lowest BCUT2D eigenvalue weighted by Gasteiger charge is -2.43. The summed E-state index contributed by atoms with van der Waals surface area (Å²) < 4.78 is 24.9. The number of hydrogen-bond donors (Lipinski definition) is 0. The van der Waals surface area contributed by atoms with Gasteiger partial charge in [-0.1, -0.05) is 11.6 Å². The van der Waals surface area contributed by atoms with Crippen molar-refractivity contribution >= 4 is 17.5 Å². The van der Waals surface area contributed by atoms with Crippen LogP contribution in [-0.2, 0) is 16.1 Å². The number of halogens is 2. The number of pyridine rings is 1. The molecule has 2 aliphatic heterocycles. The molecule has 1 atom stereocenters. The number of morpholine rings is 1. The average molecular weight is 476 g/mol. The number of carbonyl (C=O) groups excluding carboxylic acids is 1. The van der Waals surface area contributed by atoms with E-state index in [1.807, 2.05) is 30.0 Å². The number of nitrogens with zero attached hydrogens (tertiary/aromatic N) is 3. The van der Waals surface area contributed by atoms with Crippen molar-refractivity contribution < 1.29 is 18.7 Å². The zero-order valence-corrected chi connectivity index (χ0v) is 19.8. The van der Waals surface area contributed by atoms with Gasteiger partial charge >= 0.3 is 0 Å². The highest BCUT2D eigenvalue weighted by Gasteiger charge is 2.39. The van der Waals surface area contributed by atoms with E-state index in [4.69, 9.17) is 21.1 Å². The van der Waals surface area contributed by atoms with Gasteiger partial charge in [-0.3, -0.25) is 14.7 Å². The predicted molar refractivity (Wildman–Crippen MR) is 125 cm³/mol. The molecule has 2 fully saturated rings. The Balaban J connectivity index is 1.49. The summed E-state index contributed by atoms with van der Waals surface area (Å²) in [6.45, 7) is 7.08. The van der Waals surface area contributed by atoms with Crippen LogP contribution in [0.25, 0.3) is 0 Å². The highest BCUT2D eigenvalue weighted by Crippen LogP contribution is 2.36. The van der Waals surface area contributed by atoms with Gasteiger partial charge in [0, 0.05) is 43.0 Å². The van der Waals surface area contributed by atoms with E-state index >= 15 is 0 Å². The van der Waals surface area contributed by atoms with Gasteiger partial charge in [0.1, 0.15) is 11.6 Å². The first-order valence-corrected chi connectivity index (χ1v) is 11.9. The molecule has 0 N–H and O–H groups in total. The molecule has 1 amide bonds. The molecular weight excluding hydrogens is 445 g/mol. The van der Waals surface area contributed by atoms with Crippen LogP contribution in [0.4, 0.5) is 4.39 Å². The summed E-state index contributed by atoms with van der Waals surface area (Å²) >= 11 is 6.17. The minimum atomic E-state index is -0.338. The van der Waals surface area contributed by atoms with Crippen molar-refractivity contribution in [3.63, 3.8) is 0 Å². The van der Waals surface area contributed by atoms with E-state index in [9.17, 15) is 9.18 Å². The standard InChI is InChI=1S/C25H31ClFN3O3/c1-19-13-22(5-6-23(19)26)33-18-25(14-24(31)30-9-11-32-12-10-30)7-2-8-29(17-25)16-21-4-3-20(27)15-28-21/h3-6,13,15H,2,7-12,14,16-18H2,1H3/t25-/m0/s1. The van der Waals surface area contributed by atoms with Crippen molar-refractivity contribution in [2.24, 2.45) is 5.41 Å². The second-order valence-electron chi connectivity index (χ2n) is 9.15. The van der Waals surface area contributed by atoms with Gasteiger partial charge in [-0.15, -0.1) is 0 Å². The minimum absolute atomic E-state index is 0.149. The van der Waals surface area contributed by atoms with E-state index in [0.717, 1.165) is 36.4 Å². The molecule has 4 rings (SSSR count). The van der Waals surface area contributed by atoms with Crippen molar-refractivity contribution in [2.45, 2.75) is 32.7 Å². The van der Waals surface area contributed by atoms with Crippen LogP contribution in [0.5, 0.6) is 5.75 Å². The minimum Gasteiger partial charge on any atom is -0.493 e. The maximum absolute atomic E-state index is 13.3. The number of aryl methyl sites for hydroxylation is 1. The molecule has 178 valence electrons. The molecule has 33 heavy (non-hydrogen) atoms. The number of likely N-dealkylation sites (tertiary alicyclic amines) is 1. The lowest BCUT2D eigenvalue weighted by Crippen LogP contribution is -2.50. The third-order valence-electron chi connectivity index (χ3n) is 6.48. The van der Waals surface area contributed by atoms with Gasteiger partial charge in [-0.25, -0.2) is 4.39 Å². The van der Waals surface area contributed by atoms with Crippen molar-refractivity contribution in [2.75, 3.05) is 46.0 Å². The van der Waals surface area contributed by atoms with Crippen LogP contribution in [-0.4, -0.2) is 66.7 Å². The van der Waals surface area contributed by atoms with E-state index in [1.165, 1.54) is 12.3 Å². The van der Waals surface area contributed by atoms with Crippen LogP contribution in [0.1, 0.15) is 30.5 Å². The second kappa shape index (κ2) is 10.8. The van der Waals surface area contributed by atoms with E-state index < -0.39 is 0 Å². The molecule has 0 bridgehead atoms. The lowest BCUT2D eigenvalue weighted by atomic mass is 9.77. The fraction of sp³-hybridized carbons (Fsp3) is 0.520. The number of hydrogen-bond acceptors (Lipinski definition) is 5. The zero-order valence-electron chi connectivity index (χ0n) is 19.1. The SMILES string of the molecule is Cc1cc(OC[C@]2(CC(=O)N3CCOCC3)CCCN(Cc3ccc(F)cn3)C2)ccc1Cl. The van der Waals surface area contributed by atoms with Crippen molar-refractivity contribution in [3.05, 3.63) is 58.6 Å². The van der Waals surface area contributed by atoms with E-state index in [2.05, 4.69) is 9.88 Å². The summed E-state index contributed by atoms with van der Waals surface area (Å²) in [5.74, 6) is 0.567. The maximum atomic E-state index is 13.3. The van der Waals surface area contributed by atoms with Gasteiger partial charge in [0.2, 0.25) is 5.91 Å². The Morgan fingerprint density at radius 1 is 1.24 bits per heavy atom. The third-order valence-corrected chi connectivity index (χ3v) is 6.90. The Bertz CT molecular complexity index is 952. The molecule has 0 spiro atoms. The molecule has 0 unspecified atom stereocenters. The van der Waals surface area contributed by atoms with Crippen molar-refractivity contribution in [1.82, 2.24) is 14.8 Å². The summed E-state index contributed by atoms with van der Waals surface area (Å²) in [7, 11) is 0. The average Bonchev–Trinajstić information content (AvgIpc) is 2.82. The van der Waals surface area contributed by atoms with E-state index in [0.29, 0.717) is 57.4 Å². The number of carbonyl (C=O) groups is 1. The van der Waals surface area contributed by atoms with Gasteiger partial charge in [0.05, 0.1) is 31.7 Å². The van der Waals surface area contributed by atoms with Crippen LogP contribution in [0, 0.1) is 18.2 Å². The predicted octanol–water partition coefficient (Wildman–Crippen LogP) is 4.09.